The minimum atomic E-state index is -0.673. The van der Waals surface area contributed by atoms with Crippen LogP contribution >= 0.6 is 0 Å². The maximum absolute atomic E-state index is 11.9. The van der Waals surface area contributed by atoms with Crippen molar-refractivity contribution < 1.29 is 9.90 Å². The first-order chi connectivity index (χ1) is 8.45. The van der Waals surface area contributed by atoms with Gasteiger partial charge in [-0.3, -0.25) is 4.79 Å². The minimum Gasteiger partial charge on any atom is -0.387 e. The van der Waals surface area contributed by atoms with Gasteiger partial charge in [0, 0.05) is 6.04 Å². The van der Waals surface area contributed by atoms with Gasteiger partial charge in [0.2, 0.25) is 5.91 Å². The summed E-state index contributed by atoms with van der Waals surface area (Å²) < 4.78 is 1.47. The minimum absolute atomic E-state index is 0.0852. The molecule has 3 unspecified atom stereocenters. The highest BCUT2D eigenvalue weighted by molar-refractivity contribution is 5.79. The Morgan fingerprint density at radius 3 is 2.67 bits per heavy atom. The first-order valence-corrected chi connectivity index (χ1v) is 6.35. The van der Waals surface area contributed by atoms with Gasteiger partial charge in [-0.25, -0.2) is 4.68 Å². The van der Waals surface area contributed by atoms with Gasteiger partial charge >= 0.3 is 0 Å². The van der Waals surface area contributed by atoms with Crippen molar-refractivity contribution in [1.82, 2.24) is 20.3 Å². The summed E-state index contributed by atoms with van der Waals surface area (Å²) in [4.78, 5) is 11.9. The van der Waals surface area contributed by atoms with E-state index in [1.165, 1.54) is 4.68 Å². The van der Waals surface area contributed by atoms with Crippen LogP contribution in [0.2, 0.25) is 0 Å². The molecule has 0 fully saturated rings. The lowest BCUT2D eigenvalue weighted by Crippen LogP contribution is -2.37. The Morgan fingerprint density at radius 2 is 2.17 bits per heavy atom. The number of nitrogens with one attached hydrogen (secondary N) is 1. The van der Waals surface area contributed by atoms with Crippen LogP contribution < -0.4 is 5.32 Å². The van der Waals surface area contributed by atoms with Crippen LogP contribution in [0.1, 0.15) is 58.4 Å². The molecule has 6 heteroatoms. The molecule has 0 saturated heterocycles. The first kappa shape index (κ1) is 14.6. The molecule has 0 aliphatic carbocycles. The fourth-order valence-electron chi connectivity index (χ4n) is 1.66. The maximum atomic E-state index is 11.9. The Balaban J connectivity index is 2.62. The zero-order valence-corrected chi connectivity index (χ0v) is 11.4. The van der Waals surface area contributed by atoms with Crippen molar-refractivity contribution >= 4 is 5.91 Å². The highest BCUT2D eigenvalue weighted by Crippen LogP contribution is 2.11. The van der Waals surface area contributed by atoms with E-state index in [4.69, 9.17) is 0 Å². The van der Waals surface area contributed by atoms with Crippen LogP contribution in [0.3, 0.4) is 0 Å². The van der Waals surface area contributed by atoms with Crippen molar-refractivity contribution in [1.29, 1.82) is 0 Å². The van der Waals surface area contributed by atoms with Crippen molar-refractivity contribution in [2.45, 2.75) is 58.7 Å². The third-order valence-electron chi connectivity index (χ3n) is 2.84. The van der Waals surface area contributed by atoms with Crippen LogP contribution in [0.25, 0.3) is 0 Å². The second-order valence-electron chi connectivity index (χ2n) is 4.67. The molecule has 0 bridgehead atoms. The van der Waals surface area contributed by atoms with E-state index in [1.54, 1.807) is 20.0 Å². The molecule has 1 aromatic heterocycles. The third-order valence-corrected chi connectivity index (χ3v) is 2.84. The van der Waals surface area contributed by atoms with Crippen molar-refractivity contribution in [2.24, 2.45) is 0 Å². The Hall–Kier alpha value is -1.43. The number of aliphatic hydroxyl groups is 1. The Kier molecular flexibility index (Phi) is 5.27. The molecule has 1 heterocycles. The van der Waals surface area contributed by atoms with E-state index in [9.17, 15) is 9.90 Å². The molecule has 6 nitrogen and oxygen atoms in total. The second kappa shape index (κ2) is 6.49. The number of carbonyl (C=O) groups is 1. The molecular weight excluding hydrogens is 232 g/mol. The summed E-state index contributed by atoms with van der Waals surface area (Å²) in [5.41, 5.74) is 0.469. The number of aromatic nitrogens is 3. The maximum Gasteiger partial charge on any atom is 0.244 e. The molecule has 0 aliphatic heterocycles. The summed E-state index contributed by atoms with van der Waals surface area (Å²) in [6, 6.07) is -0.269. The van der Waals surface area contributed by atoms with Gasteiger partial charge in [0.25, 0.3) is 0 Å². The Bertz CT molecular complexity index is 389. The standard InChI is InChI=1S/C12H22N4O2/c1-5-6-8(2)13-12(18)9(3)16-7-11(10(4)17)14-15-16/h7-10,17H,5-6H2,1-4H3,(H,13,18). The molecular formula is C12H22N4O2. The summed E-state index contributed by atoms with van der Waals surface area (Å²) in [6.07, 6.45) is 2.91. The van der Waals surface area contributed by atoms with Crippen molar-refractivity contribution in [2.75, 3.05) is 0 Å². The van der Waals surface area contributed by atoms with Crippen LogP contribution in [-0.2, 0) is 4.79 Å². The van der Waals surface area contributed by atoms with Gasteiger partial charge in [0.1, 0.15) is 11.7 Å². The highest BCUT2D eigenvalue weighted by atomic mass is 16.3. The second-order valence-corrected chi connectivity index (χ2v) is 4.67. The molecule has 0 radical (unpaired) electrons. The molecule has 0 aromatic carbocycles. The van der Waals surface area contributed by atoms with Gasteiger partial charge in [0.15, 0.2) is 0 Å². The summed E-state index contributed by atoms with van der Waals surface area (Å²) in [5.74, 6) is -0.0852. The molecule has 1 aromatic rings. The lowest BCUT2D eigenvalue weighted by Gasteiger charge is -2.16. The lowest BCUT2D eigenvalue weighted by molar-refractivity contribution is -0.124. The van der Waals surface area contributed by atoms with E-state index < -0.39 is 12.1 Å². The molecule has 102 valence electrons. The Labute approximate surface area is 107 Å². The monoisotopic (exact) mass is 254 g/mol. The SMILES string of the molecule is CCCC(C)NC(=O)C(C)n1cc(C(C)O)nn1. The Morgan fingerprint density at radius 1 is 1.50 bits per heavy atom. The van der Waals surface area contributed by atoms with Gasteiger partial charge in [-0.2, -0.15) is 0 Å². The molecule has 0 spiro atoms. The van der Waals surface area contributed by atoms with Crippen molar-refractivity contribution in [3.05, 3.63) is 11.9 Å². The number of hydrogen-bond acceptors (Lipinski definition) is 4. The van der Waals surface area contributed by atoms with E-state index in [0.717, 1.165) is 12.8 Å². The van der Waals surface area contributed by atoms with E-state index in [-0.39, 0.29) is 11.9 Å². The molecule has 1 amide bonds. The number of hydrogen-bond donors (Lipinski definition) is 2. The van der Waals surface area contributed by atoms with Gasteiger partial charge in [-0.15, -0.1) is 5.10 Å². The summed E-state index contributed by atoms with van der Waals surface area (Å²) >= 11 is 0. The number of amides is 1. The third kappa shape index (κ3) is 3.80. The molecule has 3 atom stereocenters. The van der Waals surface area contributed by atoms with Crippen LogP contribution in [0.15, 0.2) is 6.20 Å². The topological polar surface area (TPSA) is 80.0 Å². The van der Waals surface area contributed by atoms with Crippen LogP contribution in [-0.4, -0.2) is 32.0 Å². The van der Waals surface area contributed by atoms with E-state index >= 15 is 0 Å². The van der Waals surface area contributed by atoms with Crippen LogP contribution in [0, 0.1) is 0 Å². The average Bonchev–Trinajstić information content (AvgIpc) is 2.77. The largest absolute Gasteiger partial charge is 0.387 e. The average molecular weight is 254 g/mol. The van der Waals surface area contributed by atoms with Gasteiger partial charge < -0.3 is 10.4 Å². The zero-order chi connectivity index (χ0) is 13.7. The van der Waals surface area contributed by atoms with Crippen molar-refractivity contribution in [3.63, 3.8) is 0 Å². The quantitative estimate of drug-likeness (QED) is 0.799. The smallest absolute Gasteiger partial charge is 0.244 e. The number of aliphatic hydroxyl groups excluding tert-OH is 1. The van der Waals surface area contributed by atoms with Crippen molar-refractivity contribution in [3.8, 4) is 0 Å². The summed E-state index contributed by atoms with van der Waals surface area (Å²) in [5, 5.41) is 20.0. The molecule has 1 rings (SSSR count). The number of rotatable bonds is 6. The molecule has 18 heavy (non-hydrogen) atoms. The molecule has 2 N–H and O–H groups in total. The number of nitrogens with zero attached hydrogens (tertiary/aromatic N) is 3. The summed E-state index contributed by atoms with van der Waals surface area (Å²) in [7, 11) is 0. The zero-order valence-electron chi connectivity index (χ0n) is 11.4. The van der Waals surface area contributed by atoms with E-state index in [0.29, 0.717) is 5.69 Å². The lowest BCUT2D eigenvalue weighted by atomic mass is 10.2. The van der Waals surface area contributed by atoms with E-state index in [2.05, 4.69) is 22.6 Å². The van der Waals surface area contributed by atoms with Gasteiger partial charge in [-0.05, 0) is 27.2 Å². The predicted octanol–water partition coefficient (Wildman–Crippen LogP) is 1.20. The number of carbonyl (C=O) groups excluding carboxylic acids is 1. The molecule has 0 aliphatic rings. The van der Waals surface area contributed by atoms with Crippen LogP contribution in [0.5, 0.6) is 0 Å². The van der Waals surface area contributed by atoms with E-state index in [1.807, 2.05) is 6.92 Å². The normalized spacial score (nSPS) is 16.1. The van der Waals surface area contributed by atoms with Gasteiger partial charge in [0.05, 0.1) is 12.3 Å². The fraction of sp³-hybridized carbons (Fsp3) is 0.750. The first-order valence-electron chi connectivity index (χ1n) is 6.35. The van der Waals surface area contributed by atoms with Gasteiger partial charge in [-0.1, -0.05) is 18.6 Å². The fourth-order valence-corrected chi connectivity index (χ4v) is 1.66. The summed E-state index contributed by atoms with van der Waals surface area (Å²) in [6.45, 7) is 7.44. The molecule has 0 saturated carbocycles. The predicted molar refractivity (Wildman–Crippen MR) is 67.9 cm³/mol. The highest BCUT2D eigenvalue weighted by Gasteiger charge is 2.19. The van der Waals surface area contributed by atoms with Crippen LogP contribution in [0.4, 0.5) is 0 Å².